The van der Waals surface area contributed by atoms with Gasteiger partial charge in [0.1, 0.15) is 5.75 Å². The third kappa shape index (κ3) is 3.42. The van der Waals surface area contributed by atoms with E-state index in [1.807, 2.05) is 30.0 Å². The number of benzene rings is 1. The maximum atomic E-state index is 5.73. The molecule has 0 aromatic heterocycles. The van der Waals surface area contributed by atoms with Crippen LogP contribution in [0.4, 0.5) is 0 Å². The molecule has 1 N–H and O–H groups in total. The van der Waals surface area contributed by atoms with Crippen LogP contribution in [0.3, 0.4) is 0 Å². The van der Waals surface area contributed by atoms with Crippen molar-refractivity contribution in [1.29, 1.82) is 0 Å². The fourth-order valence-electron chi connectivity index (χ4n) is 1.65. The predicted octanol–water partition coefficient (Wildman–Crippen LogP) is 2.33. The molecule has 1 aromatic carbocycles. The van der Waals surface area contributed by atoms with Crippen molar-refractivity contribution in [2.24, 2.45) is 5.92 Å². The largest absolute Gasteiger partial charge is 0.492 e. The van der Waals surface area contributed by atoms with Gasteiger partial charge in [-0.15, -0.1) is 0 Å². The van der Waals surface area contributed by atoms with Crippen LogP contribution in [0.1, 0.15) is 5.56 Å². The summed E-state index contributed by atoms with van der Waals surface area (Å²) in [7, 11) is 0. The number of hydrogen-bond donors (Lipinski definition) is 1. The summed E-state index contributed by atoms with van der Waals surface area (Å²) in [6, 6.07) is 8.19. The molecular weight excluding hydrogens is 218 g/mol. The fourth-order valence-corrected chi connectivity index (χ4v) is 2.58. The van der Waals surface area contributed by atoms with E-state index < -0.39 is 0 Å². The van der Waals surface area contributed by atoms with Gasteiger partial charge in [-0.1, -0.05) is 18.2 Å². The van der Waals surface area contributed by atoms with Gasteiger partial charge in [0.05, 0.1) is 6.61 Å². The Morgan fingerprint density at radius 3 is 2.88 bits per heavy atom. The standard InChI is InChI=1S/C13H19NOS/c1-11-4-2-3-5-13(11)15-6-7-16-10-12-8-14-9-12/h2-5,12,14H,6-10H2,1H3. The Balaban J connectivity index is 1.58. The van der Waals surface area contributed by atoms with Crippen LogP contribution in [0.15, 0.2) is 24.3 Å². The van der Waals surface area contributed by atoms with E-state index in [2.05, 4.69) is 18.3 Å². The van der Waals surface area contributed by atoms with Crippen LogP contribution in [0.25, 0.3) is 0 Å². The van der Waals surface area contributed by atoms with Gasteiger partial charge in [0, 0.05) is 5.75 Å². The SMILES string of the molecule is Cc1ccccc1OCCSCC1CNC1. The van der Waals surface area contributed by atoms with Gasteiger partial charge in [0.25, 0.3) is 0 Å². The lowest BCUT2D eigenvalue weighted by atomic mass is 10.1. The summed E-state index contributed by atoms with van der Waals surface area (Å²) in [5.41, 5.74) is 1.22. The van der Waals surface area contributed by atoms with Crippen LogP contribution in [-0.2, 0) is 0 Å². The zero-order chi connectivity index (χ0) is 11.2. The van der Waals surface area contributed by atoms with E-state index in [1.165, 1.54) is 24.4 Å². The van der Waals surface area contributed by atoms with E-state index in [9.17, 15) is 0 Å². The minimum absolute atomic E-state index is 0.815. The molecule has 1 aromatic rings. The second-order valence-corrected chi connectivity index (χ2v) is 5.36. The van der Waals surface area contributed by atoms with Crippen LogP contribution in [0.5, 0.6) is 5.75 Å². The number of rotatable bonds is 6. The van der Waals surface area contributed by atoms with Crippen LogP contribution in [0.2, 0.25) is 0 Å². The Morgan fingerprint density at radius 1 is 1.38 bits per heavy atom. The van der Waals surface area contributed by atoms with Crippen molar-refractivity contribution in [3.63, 3.8) is 0 Å². The van der Waals surface area contributed by atoms with Crippen LogP contribution in [0, 0.1) is 12.8 Å². The first-order valence-electron chi connectivity index (χ1n) is 5.83. The Labute approximate surface area is 102 Å². The molecule has 88 valence electrons. The first-order valence-corrected chi connectivity index (χ1v) is 6.98. The van der Waals surface area contributed by atoms with Crippen LogP contribution < -0.4 is 10.1 Å². The molecule has 0 radical (unpaired) electrons. The molecule has 1 saturated heterocycles. The number of hydrogen-bond acceptors (Lipinski definition) is 3. The van der Waals surface area contributed by atoms with Crippen LogP contribution in [-0.4, -0.2) is 31.2 Å². The van der Waals surface area contributed by atoms with Crippen molar-refractivity contribution < 1.29 is 4.74 Å². The van der Waals surface area contributed by atoms with Gasteiger partial charge >= 0.3 is 0 Å². The molecule has 1 aliphatic heterocycles. The molecule has 2 nitrogen and oxygen atoms in total. The van der Waals surface area contributed by atoms with Gasteiger partial charge in [-0.3, -0.25) is 0 Å². The molecule has 0 amide bonds. The lowest BCUT2D eigenvalue weighted by Crippen LogP contribution is -2.43. The maximum Gasteiger partial charge on any atom is 0.122 e. The van der Waals surface area contributed by atoms with E-state index >= 15 is 0 Å². The number of aryl methyl sites for hydroxylation is 1. The molecule has 0 aliphatic carbocycles. The third-order valence-electron chi connectivity index (χ3n) is 2.80. The Morgan fingerprint density at radius 2 is 2.19 bits per heavy atom. The number of para-hydroxylation sites is 1. The molecular formula is C13H19NOS. The summed E-state index contributed by atoms with van der Waals surface area (Å²) in [5, 5.41) is 3.29. The molecule has 3 heteroatoms. The van der Waals surface area contributed by atoms with E-state index in [0.717, 1.165) is 24.0 Å². The minimum atomic E-state index is 0.815. The van der Waals surface area contributed by atoms with Gasteiger partial charge < -0.3 is 10.1 Å². The first-order chi connectivity index (χ1) is 7.86. The summed E-state index contributed by atoms with van der Waals surface area (Å²) in [6.45, 7) is 5.30. The summed E-state index contributed by atoms with van der Waals surface area (Å²) in [6.07, 6.45) is 0. The smallest absolute Gasteiger partial charge is 0.122 e. The minimum Gasteiger partial charge on any atom is -0.492 e. The molecule has 1 aliphatic rings. The fraction of sp³-hybridized carbons (Fsp3) is 0.538. The molecule has 0 spiro atoms. The highest BCUT2D eigenvalue weighted by atomic mass is 32.2. The molecule has 0 saturated carbocycles. The van der Waals surface area contributed by atoms with Gasteiger partial charge in [0.2, 0.25) is 0 Å². The second kappa shape index (κ2) is 6.16. The van der Waals surface area contributed by atoms with Crippen LogP contribution >= 0.6 is 11.8 Å². The van der Waals surface area contributed by atoms with E-state index in [-0.39, 0.29) is 0 Å². The molecule has 0 atom stereocenters. The molecule has 1 fully saturated rings. The average Bonchev–Trinajstić information content (AvgIpc) is 2.23. The van der Waals surface area contributed by atoms with Crippen molar-refractivity contribution in [3.8, 4) is 5.75 Å². The Hall–Kier alpha value is -0.670. The van der Waals surface area contributed by atoms with Gasteiger partial charge in [-0.25, -0.2) is 0 Å². The quantitative estimate of drug-likeness (QED) is 0.767. The number of thioether (sulfide) groups is 1. The molecule has 1 heterocycles. The highest BCUT2D eigenvalue weighted by Crippen LogP contribution is 2.17. The molecule has 2 rings (SSSR count). The van der Waals surface area contributed by atoms with Gasteiger partial charge in [-0.05, 0) is 43.3 Å². The van der Waals surface area contributed by atoms with Gasteiger partial charge in [0.15, 0.2) is 0 Å². The highest BCUT2D eigenvalue weighted by Gasteiger charge is 2.15. The van der Waals surface area contributed by atoms with E-state index in [1.54, 1.807) is 0 Å². The summed E-state index contributed by atoms with van der Waals surface area (Å²) >= 11 is 2.00. The normalized spacial score (nSPS) is 15.8. The lowest BCUT2D eigenvalue weighted by Gasteiger charge is -2.26. The number of nitrogens with one attached hydrogen (secondary N) is 1. The van der Waals surface area contributed by atoms with Crippen molar-refractivity contribution >= 4 is 11.8 Å². The maximum absolute atomic E-state index is 5.73. The Bertz CT molecular complexity index is 325. The molecule has 16 heavy (non-hydrogen) atoms. The highest BCUT2D eigenvalue weighted by molar-refractivity contribution is 7.99. The summed E-state index contributed by atoms with van der Waals surface area (Å²) in [4.78, 5) is 0. The average molecular weight is 237 g/mol. The van der Waals surface area contributed by atoms with Gasteiger partial charge in [-0.2, -0.15) is 11.8 Å². The van der Waals surface area contributed by atoms with Crippen molar-refractivity contribution in [2.75, 3.05) is 31.2 Å². The zero-order valence-corrected chi connectivity index (χ0v) is 10.6. The second-order valence-electron chi connectivity index (χ2n) is 4.21. The first kappa shape index (κ1) is 11.8. The zero-order valence-electron chi connectivity index (χ0n) is 9.74. The summed E-state index contributed by atoms with van der Waals surface area (Å²) < 4.78 is 5.73. The van der Waals surface area contributed by atoms with E-state index in [4.69, 9.17) is 4.74 Å². The van der Waals surface area contributed by atoms with Crippen molar-refractivity contribution in [2.45, 2.75) is 6.92 Å². The molecule has 0 bridgehead atoms. The topological polar surface area (TPSA) is 21.3 Å². The predicted molar refractivity (Wildman–Crippen MR) is 70.4 cm³/mol. The molecule has 0 unspecified atom stereocenters. The van der Waals surface area contributed by atoms with E-state index in [0.29, 0.717) is 0 Å². The van der Waals surface area contributed by atoms with Crippen molar-refractivity contribution in [3.05, 3.63) is 29.8 Å². The number of ether oxygens (including phenoxy) is 1. The monoisotopic (exact) mass is 237 g/mol. The summed E-state index contributed by atoms with van der Waals surface area (Å²) in [5.74, 6) is 4.27. The third-order valence-corrected chi connectivity index (χ3v) is 3.96. The van der Waals surface area contributed by atoms with Crippen molar-refractivity contribution in [1.82, 2.24) is 5.32 Å². The lowest BCUT2D eigenvalue weighted by molar-refractivity contribution is 0.341. The Kier molecular flexibility index (Phi) is 4.55.